The van der Waals surface area contributed by atoms with E-state index in [1.165, 1.54) is 25.3 Å². The van der Waals surface area contributed by atoms with Gasteiger partial charge in [-0.1, -0.05) is 0 Å². The van der Waals surface area contributed by atoms with Crippen LogP contribution in [-0.4, -0.2) is 23.0 Å². The van der Waals surface area contributed by atoms with Crippen molar-refractivity contribution in [3.8, 4) is 17.2 Å². The Morgan fingerprint density at radius 2 is 1.93 bits per heavy atom. The number of hydrogen-bond acceptors (Lipinski definition) is 6. The highest BCUT2D eigenvalue weighted by Crippen LogP contribution is 2.37. The van der Waals surface area contributed by atoms with Crippen LogP contribution in [0.15, 0.2) is 28.7 Å². The van der Waals surface area contributed by atoms with Gasteiger partial charge < -0.3 is 20.6 Å². The van der Waals surface area contributed by atoms with Crippen LogP contribution in [-0.2, 0) is 6.18 Å². The van der Waals surface area contributed by atoms with Crippen molar-refractivity contribution in [1.29, 1.82) is 0 Å². The Balaban J connectivity index is 2.27. The van der Waals surface area contributed by atoms with Crippen molar-refractivity contribution in [2.45, 2.75) is 19.1 Å². The number of nitrogens with zero attached hydrogens (tertiary/aromatic N) is 2. The Kier molecular flexibility index (Phi) is 4.52. The lowest BCUT2D eigenvalue weighted by atomic mass is 10.1. The standard InChI is InChI=1S/C17H15F3N4O3/c1-7(21)14-13(15(22)25)24-16(27-14)9-3-5-10(26-2)12-8(9)4-6-11(23-12)17(18,19)20/h3-7H,21H2,1-2H3,(H2,22,25). The SMILES string of the molecule is COc1ccc(-c2nc(C(N)=O)c(C(C)N)o2)c2ccc(C(F)(F)F)nc12. The molecule has 10 heteroatoms. The molecule has 142 valence electrons. The smallest absolute Gasteiger partial charge is 0.433 e. The van der Waals surface area contributed by atoms with E-state index in [1.807, 2.05) is 0 Å². The predicted octanol–water partition coefficient (Wildman–Crippen LogP) is 3.04. The fourth-order valence-electron chi connectivity index (χ4n) is 2.63. The first-order valence-corrected chi connectivity index (χ1v) is 7.75. The molecule has 0 saturated heterocycles. The number of fused-ring (bicyclic) bond motifs is 1. The number of amides is 1. The van der Waals surface area contributed by atoms with Gasteiger partial charge in [0, 0.05) is 10.9 Å². The third-order valence-corrected chi connectivity index (χ3v) is 3.86. The van der Waals surface area contributed by atoms with Crippen LogP contribution in [0.5, 0.6) is 5.75 Å². The van der Waals surface area contributed by atoms with E-state index in [-0.39, 0.29) is 28.6 Å². The molecular weight excluding hydrogens is 365 g/mol. The summed E-state index contributed by atoms with van der Waals surface area (Å²) >= 11 is 0. The molecule has 27 heavy (non-hydrogen) atoms. The fourth-order valence-corrected chi connectivity index (χ4v) is 2.63. The van der Waals surface area contributed by atoms with E-state index < -0.39 is 23.8 Å². The summed E-state index contributed by atoms with van der Waals surface area (Å²) in [6.07, 6.45) is -4.61. The molecule has 0 aliphatic carbocycles. The Morgan fingerprint density at radius 3 is 2.44 bits per heavy atom. The number of methoxy groups -OCH3 is 1. The van der Waals surface area contributed by atoms with E-state index in [2.05, 4.69) is 9.97 Å². The van der Waals surface area contributed by atoms with E-state index in [0.29, 0.717) is 10.9 Å². The fraction of sp³-hybridized carbons (Fsp3) is 0.235. The molecule has 0 saturated carbocycles. The van der Waals surface area contributed by atoms with Crippen LogP contribution in [0, 0.1) is 0 Å². The Hall–Kier alpha value is -3.14. The maximum absolute atomic E-state index is 13.0. The lowest BCUT2D eigenvalue weighted by molar-refractivity contribution is -0.140. The van der Waals surface area contributed by atoms with Crippen LogP contribution >= 0.6 is 0 Å². The van der Waals surface area contributed by atoms with Gasteiger partial charge in [-0.25, -0.2) is 9.97 Å². The number of hydrogen-bond donors (Lipinski definition) is 2. The predicted molar refractivity (Wildman–Crippen MR) is 89.9 cm³/mol. The van der Waals surface area contributed by atoms with E-state index in [0.717, 1.165) is 6.07 Å². The van der Waals surface area contributed by atoms with Crippen molar-refractivity contribution in [2.24, 2.45) is 11.5 Å². The minimum atomic E-state index is -4.61. The van der Waals surface area contributed by atoms with Gasteiger partial charge in [-0.3, -0.25) is 4.79 Å². The van der Waals surface area contributed by atoms with Crippen molar-refractivity contribution < 1.29 is 27.1 Å². The number of aromatic nitrogens is 2. The Morgan fingerprint density at radius 1 is 1.22 bits per heavy atom. The summed E-state index contributed by atoms with van der Waals surface area (Å²) in [6.45, 7) is 1.58. The first-order chi connectivity index (χ1) is 12.6. The number of nitrogens with two attached hydrogens (primary N) is 2. The highest BCUT2D eigenvalue weighted by molar-refractivity contribution is 5.97. The second kappa shape index (κ2) is 6.54. The quantitative estimate of drug-likeness (QED) is 0.718. The summed E-state index contributed by atoms with van der Waals surface area (Å²) in [5, 5.41) is 0.302. The third kappa shape index (κ3) is 3.31. The summed E-state index contributed by atoms with van der Waals surface area (Å²) in [6, 6.07) is 4.40. The normalized spacial score (nSPS) is 13.0. The van der Waals surface area contributed by atoms with Crippen LogP contribution in [0.25, 0.3) is 22.4 Å². The maximum atomic E-state index is 13.0. The highest BCUT2D eigenvalue weighted by Gasteiger charge is 2.33. The number of carbonyl (C=O) groups excluding carboxylic acids is 1. The van der Waals surface area contributed by atoms with Gasteiger partial charge in [0.25, 0.3) is 5.91 Å². The number of oxazole rings is 1. The molecule has 2 heterocycles. The van der Waals surface area contributed by atoms with Crippen LogP contribution in [0.4, 0.5) is 13.2 Å². The topological polar surface area (TPSA) is 117 Å². The minimum Gasteiger partial charge on any atom is -0.494 e. The van der Waals surface area contributed by atoms with Crippen molar-refractivity contribution >= 4 is 16.8 Å². The first kappa shape index (κ1) is 18.6. The van der Waals surface area contributed by atoms with Crippen molar-refractivity contribution in [3.05, 3.63) is 41.4 Å². The number of alkyl halides is 3. The van der Waals surface area contributed by atoms with Crippen molar-refractivity contribution in [2.75, 3.05) is 7.11 Å². The van der Waals surface area contributed by atoms with Crippen LogP contribution in [0.1, 0.15) is 34.9 Å². The van der Waals surface area contributed by atoms with Gasteiger partial charge in [0.2, 0.25) is 5.89 Å². The van der Waals surface area contributed by atoms with Crippen molar-refractivity contribution in [3.63, 3.8) is 0 Å². The number of pyridine rings is 1. The molecule has 1 amide bonds. The van der Waals surface area contributed by atoms with Gasteiger partial charge in [0.15, 0.2) is 11.5 Å². The first-order valence-electron chi connectivity index (χ1n) is 7.75. The molecule has 3 rings (SSSR count). The molecule has 0 radical (unpaired) electrons. The van der Waals surface area contributed by atoms with Crippen LogP contribution in [0.3, 0.4) is 0 Å². The van der Waals surface area contributed by atoms with E-state index in [9.17, 15) is 18.0 Å². The van der Waals surface area contributed by atoms with Gasteiger partial charge >= 0.3 is 6.18 Å². The summed E-state index contributed by atoms with van der Waals surface area (Å²) < 4.78 is 49.7. The zero-order valence-electron chi connectivity index (χ0n) is 14.3. The monoisotopic (exact) mass is 380 g/mol. The molecule has 1 atom stereocenters. The molecule has 4 N–H and O–H groups in total. The van der Waals surface area contributed by atoms with Gasteiger partial charge in [-0.15, -0.1) is 0 Å². The average Bonchev–Trinajstić information content (AvgIpc) is 3.05. The average molecular weight is 380 g/mol. The lowest BCUT2D eigenvalue weighted by Gasteiger charge is -2.11. The number of halogens is 3. The number of carbonyl (C=O) groups is 1. The van der Waals surface area contributed by atoms with E-state index in [1.54, 1.807) is 6.92 Å². The minimum absolute atomic E-state index is 0.00897. The summed E-state index contributed by atoms with van der Waals surface area (Å²) in [7, 11) is 1.32. The molecular formula is C17H15F3N4O3. The summed E-state index contributed by atoms with van der Waals surface area (Å²) in [4.78, 5) is 19.3. The highest BCUT2D eigenvalue weighted by atomic mass is 19.4. The molecule has 7 nitrogen and oxygen atoms in total. The zero-order valence-corrected chi connectivity index (χ0v) is 14.3. The molecule has 2 aromatic heterocycles. The molecule has 0 spiro atoms. The van der Waals surface area contributed by atoms with Crippen molar-refractivity contribution in [1.82, 2.24) is 9.97 Å². The molecule has 0 bridgehead atoms. The molecule has 0 aliphatic heterocycles. The van der Waals surface area contributed by atoms with Gasteiger partial charge in [-0.2, -0.15) is 13.2 Å². The van der Waals surface area contributed by atoms with Crippen LogP contribution < -0.4 is 16.2 Å². The Bertz CT molecular complexity index is 1030. The summed E-state index contributed by atoms with van der Waals surface area (Å²) in [5.74, 6) is -0.604. The largest absolute Gasteiger partial charge is 0.494 e. The zero-order chi connectivity index (χ0) is 19.9. The second-order valence-corrected chi connectivity index (χ2v) is 5.79. The molecule has 1 aromatic carbocycles. The third-order valence-electron chi connectivity index (χ3n) is 3.86. The molecule has 0 aliphatic rings. The van der Waals surface area contributed by atoms with E-state index in [4.69, 9.17) is 20.6 Å². The number of benzene rings is 1. The Labute approximate surface area is 151 Å². The van der Waals surface area contributed by atoms with Gasteiger partial charge in [0.05, 0.1) is 13.2 Å². The van der Waals surface area contributed by atoms with Gasteiger partial charge in [0.1, 0.15) is 17.0 Å². The number of rotatable bonds is 4. The van der Waals surface area contributed by atoms with Gasteiger partial charge in [-0.05, 0) is 31.2 Å². The number of ether oxygens (including phenoxy) is 1. The van der Waals surface area contributed by atoms with E-state index >= 15 is 0 Å². The number of primary amides is 1. The second-order valence-electron chi connectivity index (χ2n) is 5.79. The lowest BCUT2D eigenvalue weighted by Crippen LogP contribution is -2.17. The molecule has 0 fully saturated rings. The molecule has 1 unspecified atom stereocenters. The maximum Gasteiger partial charge on any atom is 0.433 e. The molecule has 3 aromatic rings. The van der Waals surface area contributed by atoms with Crippen LogP contribution in [0.2, 0.25) is 0 Å². The summed E-state index contributed by atoms with van der Waals surface area (Å²) in [5.41, 5.74) is 10.2.